The smallest absolute Gasteiger partial charge is 0.225 e. The first kappa shape index (κ1) is 16.3. The molecule has 0 aromatic rings. The molecule has 6 heteroatoms. The van der Waals surface area contributed by atoms with Gasteiger partial charge in [-0.25, -0.2) is 0 Å². The van der Waals surface area contributed by atoms with E-state index in [0.717, 1.165) is 12.8 Å². The highest BCUT2D eigenvalue weighted by Crippen LogP contribution is 1.88. The third-order valence-corrected chi connectivity index (χ3v) is 2.10. The van der Waals surface area contributed by atoms with Crippen molar-refractivity contribution in [3.05, 3.63) is 0 Å². The number of nitrogens with one attached hydrogen (secondary N) is 4. The maximum Gasteiger partial charge on any atom is 0.225 e. The van der Waals surface area contributed by atoms with E-state index in [1.165, 1.54) is 0 Å². The van der Waals surface area contributed by atoms with Crippen LogP contribution >= 0.6 is 0 Å². The molecule has 4 N–H and O–H groups in total. The van der Waals surface area contributed by atoms with E-state index in [1.807, 2.05) is 0 Å². The number of hydrogen-bond acceptors (Lipinski definition) is 4. The predicted octanol–water partition coefficient (Wildman–Crippen LogP) is 0.859. The van der Waals surface area contributed by atoms with E-state index < -0.39 is 0 Å². The molecule has 18 heavy (non-hydrogen) atoms. The lowest BCUT2D eigenvalue weighted by molar-refractivity contribution is -0.121. The zero-order valence-corrected chi connectivity index (χ0v) is 11.1. The van der Waals surface area contributed by atoms with Crippen molar-refractivity contribution in [3.63, 3.8) is 0 Å². The van der Waals surface area contributed by atoms with Crippen LogP contribution in [0, 0.1) is 10.8 Å². The van der Waals surface area contributed by atoms with E-state index >= 15 is 0 Å². The molecule has 0 aliphatic heterocycles. The third kappa shape index (κ3) is 10.8. The van der Waals surface area contributed by atoms with E-state index in [-0.39, 0.29) is 24.7 Å². The van der Waals surface area contributed by atoms with Crippen LogP contribution in [0.15, 0.2) is 0 Å². The van der Waals surface area contributed by atoms with Crippen molar-refractivity contribution in [1.82, 2.24) is 10.6 Å². The molecule has 102 valence electrons. The van der Waals surface area contributed by atoms with Crippen molar-refractivity contribution in [3.8, 4) is 0 Å². The average Bonchev–Trinajstić information content (AvgIpc) is 2.20. The molecule has 0 heterocycles. The summed E-state index contributed by atoms with van der Waals surface area (Å²) in [6.07, 6.45) is 1.87. The standard InChI is InChI=1S/C12H22N4O2/c1-9(13)7-11(17)15-5-3-4-6-16-12(18)8-10(2)14/h13-14H,3-8H2,1-2H3,(H,15,17)(H,16,18). The van der Waals surface area contributed by atoms with Crippen LogP contribution in [0.2, 0.25) is 0 Å². The van der Waals surface area contributed by atoms with Gasteiger partial charge >= 0.3 is 0 Å². The van der Waals surface area contributed by atoms with Gasteiger partial charge in [0.15, 0.2) is 0 Å². The molecule has 0 bridgehead atoms. The molecule has 0 atom stereocenters. The molecule has 0 aliphatic rings. The Morgan fingerprint density at radius 2 is 1.17 bits per heavy atom. The first-order valence-corrected chi connectivity index (χ1v) is 6.03. The van der Waals surface area contributed by atoms with Gasteiger partial charge in [-0.15, -0.1) is 0 Å². The van der Waals surface area contributed by atoms with Crippen LogP contribution in [0.3, 0.4) is 0 Å². The normalized spacial score (nSPS) is 9.67. The molecule has 0 fully saturated rings. The molecule has 0 saturated carbocycles. The van der Waals surface area contributed by atoms with Crippen LogP contribution < -0.4 is 10.6 Å². The summed E-state index contributed by atoms with van der Waals surface area (Å²) in [5.74, 6) is -0.267. The molecule has 0 aliphatic carbocycles. The van der Waals surface area contributed by atoms with Crippen LogP contribution in [0.25, 0.3) is 0 Å². The fraction of sp³-hybridized carbons (Fsp3) is 0.667. The second-order valence-electron chi connectivity index (χ2n) is 4.32. The first-order valence-electron chi connectivity index (χ1n) is 6.03. The molecule has 0 spiro atoms. The van der Waals surface area contributed by atoms with E-state index in [9.17, 15) is 9.59 Å². The minimum Gasteiger partial charge on any atom is -0.356 e. The zero-order valence-electron chi connectivity index (χ0n) is 11.1. The average molecular weight is 254 g/mol. The Balaban J connectivity index is 3.41. The lowest BCUT2D eigenvalue weighted by Crippen LogP contribution is -2.28. The molecule has 0 rings (SSSR count). The minimum absolute atomic E-state index is 0.133. The molecule has 6 nitrogen and oxygen atoms in total. The van der Waals surface area contributed by atoms with Crippen LogP contribution in [0.5, 0.6) is 0 Å². The molecule has 0 aromatic heterocycles. The molecule has 0 radical (unpaired) electrons. The quantitative estimate of drug-likeness (QED) is 0.362. The summed E-state index contributed by atoms with van der Waals surface area (Å²) in [6, 6.07) is 0. The Hall–Kier alpha value is -1.72. The largest absolute Gasteiger partial charge is 0.356 e. The van der Waals surface area contributed by atoms with Gasteiger partial charge in [0.25, 0.3) is 0 Å². The Kier molecular flexibility index (Phi) is 8.43. The van der Waals surface area contributed by atoms with E-state index in [1.54, 1.807) is 13.8 Å². The number of hydrogen-bond donors (Lipinski definition) is 4. The van der Waals surface area contributed by atoms with Gasteiger partial charge in [0.1, 0.15) is 0 Å². The van der Waals surface area contributed by atoms with Crippen molar-refractivity contribution in [2.24, 2.45) is 0 Å². The first-order chi connectivity index (χ1) is 8.41. The molecule has 0 aromatic carbocycles. The van der Waals surface area contributed by atoms with Gasteiger partial charge < -0.3 is 21.5 Å². The summed E-state index contributed by atoms with van der Waals surface area (Å²) in [5.41, 5.74) is 0.698. The fourth-order valence-electron chi connectivity index (χ4n) is 1.31. The summed E-state index contributed by atoms with van der Waals surface area (Å²) in [6.45, 7) is 4.32. The Morgan fingerprint density at radius 1 is 0.833 bits per heavy atom. The molecule has 0 saturated heterocycles. The SMILES string of the molecule is CC(=N)CC(=O)NCCCCNC(=O)CC(C)=N. The van der Waals surface area contributed by atoms with Crippen molar-refractivity contribution in [1.29, 1.82) is 10.8 Å². The molecule has 0 unspecified atom stereocenters. The maximum atomic E-state index is 11.2. The summed E-state index contributed by atoms with van der Waals surface area (Å²) in [5, 5.41) is 19.7. The molecular formula is C12H22N4O2. The van der Waals surface area contributed by atoms with E-state index in [0.29, 0.717) is 24.5 Å². The van der Waals surface area contributed by atoms with Gasteiger partial charge in [-0.05, 0) is 26.7 Å². The number of unbranched alkanes of at least 4 members (excludes halogenated alkanes) is 1. The van der Waals surface area contributed by atoms with Crippen LogP contribution in [0.4, 0.5) is 0 Å². The van der Waals surface area contributed by atoms with Gasteiger partial charge in [0.2, 0.25) is 11.8 Å². The van der Waals surface area contributed by atoms with Gasteiger partial charge in [-0.1, -0.05) is 0 Å². The van der Waals surface area contributed by atoms with Crippen LogP contribution in [0.1, 0.15) is 39.5 Å². The van der Waals surface area contributed by atoms with Crippen LogP contribution in [-0.4, -0.2) is 36.3 Å². The summed E-state index contributed by atoms with van der Waals surface area (Å²) >= 11 is 0. The second-order valence-corrected chi connectivity index (χ2v) is 4.32. The van der Waals surface area contributed by atoms with Crippen LogP contribution in [-0.2, 0) is 9.59 Å². The Labute approximate surface area is 108 Å². The van der Waals surface area contributed by atoms with E-state index in [2.05, 4.69) is 10.6 Å². The highest BCUT2D eigenvalue weighted by Gasteiger charge is 2.02. The summed E-state index contributed by atoms with van der Waals surface area (Å²) < 4.78 is 0. The Bertz CT molecular complexity index is 294. The maximum absolute atomic E-state index is 11.2. The third-order valence-electron chi connectivity index (χ3n) is 2.10. The monoisotopic (exact) mass is 254 g/mol. The Morgan fingerprint density at radius 3 is 1.44 bits per heavy atom. The fourth-order valence-corrected chi connectivity index (χ4v) is 1.31. The lowest BCUT2D eigenvalue weighted by Gasteiger charge is -2.06. The minimum atomic E-state index is -0.133. The van der Waals surface area contributed by atoms with Gasteiger partial charge in [-0.3, -0.25) is 9.59 Å². The number of amides is 2. The van der Waals surface area contributed by atoms with Gasteiger partial charge in [-0.2, -0.15) is 0 Å². The van der Waals surface area contributed by atoms with Crippen molar-refractivity contribution < 1.29 is 9.59 Å². The van der Waals surface area contributed by atoms with Gasteiger partial charge in [0.05, 0.1) is 12.8 Å². The molecular weight excluding hydrogens is 232 g/mol. The molecule has 2 amide bonds. The summed E-state index contributed by atoms with van der Waals surface area (Å²) in [7, 11) is 0. The number of carbonyl (C=O) groups excluding carboxylic acids is 2. The highest BCUT2D eigenvalue weighted by molar-refractivity contribution is 5.98. The van der Waals surface area contributed by atoms with Crippen molar-refractivity contribution in [2.75, 3.05) is 13.1 Å². The number of rotatable bonds is 9. The predicted molar refractivity (Wildman–Crippen MR) is 71.3 cm³/mol. The highest BCUT2D eigenvalue weighted by atomic mass is 16.2. The van der Waals surface area contributed by atoms with Crippen molar-refractivity contribution in [2.45, 2.75) is 39.5 Å². The van der Waals surface area contributed by atoms with Crippen molar-refractivity contribution >= 4 is 23.2 Å². The van der Waals surface area contributed by atoms with Gasteiger partial charge in [0, 0.05) is 24.5 Å². The topological polar surface area (TPSA) is 106 Å². The second kappa shape index (κ2) is 9.32. The summed E-state index contributed by atoms with van der Waals surface area (Å²) in [4.78, 5) is 22.3. The number of carbonyl (C=O) groups is 2. The van der Waals surface area contributed by atoms with E-state index in [4.69, 9.17) is 10.8 Å². The lowest BCUT2D eigenvalue weighted by atomic mass is 10.2. The zero-order chi connectivity index (χ0) is 14.0.